The van der Waals surface area contributed by atoms with Crippen LogP contribution < -0.4 is 5.32 Å². The molecule has 1 amide bonds. The molecule has 0 saturated heterocycles. The summed E-state index contributed by atoms with van der Waals surface area (Å²) < 4.78 is 5.51. The number of ether oxygens (including phenoxy) is 1. The Labute approximate surface area is 103 Å². The highest BCUT2D eigenvalue weighted by Gasteiger charge is 2.20. The van der Waals surface area contributed by atoms with E-state index in [2.05, 4.69) is 12.2 Å². The third-order valence-electron chi connectivity index (χ3n) is 3.07. The van der Waals surface area contributed by atoms with Crippen molar-refractivity contribution in [3.8, 4) is 0 Å². The Kier molecular flexibility index (Phi) is 6.19. The summed E-state index contributed by atoms with van der Waals surface area (Å²) in [7, 11) is 0. The monoisotopic (exact) mass is 241 g/mol. The first kappa shape index (κ1) is 14.2. The van der Waals surface area contributed by atoms with Crippen LogP contribution in [-0.4, -0.2) is 30.4 Å². The van der Waals surface area contributed by atoms with E-state index in [1.807, 2.05) is 6.92 Å². The van der Waals surface area contributed by atoms with Gasteiger partial charge in [-0.1, -0.05) is 13.3 Å². The van der Waals surface area contributed by atoms with Crippen LogP contribution in [0.3, 0.4) is 0 Å². The van der Waals surface area contributed by atoms with Crippen molar-refractivity contribution in [2.45, 2.75) is 64.5 Å². The zero-order valence-electron chi connectivity index (χ0n) is 10.8. The lowest BCUT2D eigenvalue weighted by atomic mass is 9.96. The van der Waals surface area contributed by atoms with Gasteiger partial charge in [-0.3, -0.25) is 9.59 Å². The van der Waals surface area contributed by atoms with Crippen molar-refractivity contribution in [3.05, 3.63) is 0 Å². The van der Waals surface area contributed by atoms with Gasteiger partial charge in [-0.05, 0) is 26.2 Å². The molecule has 4 nitrogen and oxygen atoms in total. The lowest BCUT2D eigenvalue weighted by Crippen LogP contribution is -2.36. The van der Waals surface area contributed by atoms with Crippen molar-refractivity contribution in [2.75, 3.05) is 6.61 Å². The van der Waals surface area contributed by atoms with Gasteiger partial charge < -0.3 is 10.1 Å². The number of ketones is 1. The molecule has 0 heterocycles. The minimum Gasteiger partial charge on any atom is -0.368 e. The number of amides is 1. The zero-order valence-corrected chi connectivity index (χ0v) is 10.8. The molecule has 0 aromatic heterocycles. The third kappa shape index (κ3) is 5.82. The van der Waals surface area contributed by atoms with E-state index in [0.29, 0.717) is 18.6 Å². The Bertz CT molecular complexity index is 255. The summed E-state index contributed by atoms with van der Waals surface area (Å²) >= 11 is 0. The second-order valence-corrected chi connectivity index (χ2v) is 4.81. The minimum absolute atomic E-state index is 0.0529. The molecule has 0 aliphatic heterocycles. The molecule has 1 aliphatic carbocycles. The van der Waals surface area contributed by atoms with Crippen LogP contribution >= 0.6 is 0 Å². The molecule has 1 N–H and O–H groups in total. The summed E-state index contributed by atoms with van der Waals surface area (Å²) in [5.41, 5.74) is 0. The van der Waals surface area contributed by atoms with Crippen molar-refractivity contribution in [1.29, 1.82) is 0 Å². The van der Waals surface area contributed by atoms with Gasteiger partial charge >= 0.3 is 0 Å². The van der Waals surface area contributed by atoms with E-state index in [-0.39, 0.29) is 24.7 Å². The normalized spacial score (nSPS) is 19.1. The first-order valence-electron chi connectivity index (χ1n) is 6.54. The zero-order chi connectivity index (χ0) is 12.7. The van der Waals surface area contributed by atoms with E-state index in [1.165, 1.54) is 0 Å². The number of hydrogen-bond acceptors (Lipinski definition) is 3. The molecule has 0 radical (unpaired) electrons. The smallest absolute Gasteiger partial charge is 0.246 e. The first-order valence-corrected chi connectivity index (χ1v) is 6.54. The number of carbonyl (C=O) groups is 2. The maximum atomic E-state index is 11.5. The van der Waals surface area contributed by atoms with Crippen LogP contribution in [0.25, 0.3) is 0 Å². The van der Waals surface area contributed by atoms with Crippen molar-refractivity contribution < 1.29 is 14.3 Å². The van der Waals surface area contributed by atoms with Crippen LogP contribution in [0.15, 0.2) is 0 Å². The van der Waals surface area contributed by atoms with E-state index in [0.717, 1.165) is 25.7 Å². The van der Waals surface area contributed by atoms with Gasteiger partial charge in [0.15, 0.2) is 0 Å². The van der Waals surface area contributed by atoms with Gasteiger partial charge in [-0.25, -0.2) is 0 Å². The van der Waals surface area contributed by atoms with Crippen LogP contribution in [-0.2, 0) is 14.3 Å². The Balaban J connectivity index is 2.13. The van der Waals surface area contributed by atoms with Crippen molar-refractivity contribution in [3.63, 3.8) is 0 Å². The Morgan fingerprint density at radius 2 is 2.12 bits per heavy atom. The molecule has 1 aliphatic rings. The van der Waals surface area contributed by atoms with E-state index in [4.69, 9.17) is 4.74 Å². The maximum absolute atomic E-state index is 11.5. The number of nitrogens with one attached hydrogen (secondary N) is 1. The molecule has 1 unspecified atom stereocenters. The summed E-state index contributed by atoms with van der Waals surface area (Å²) in [5.74, 6) is 0.258. The van der Waals surface area contributed by atoms with Gasteiger partial charge in [0.1, 0.15) is 12.4 Å². The van der Waals surface area contributed by atoms with Gasteiger partial charge in [-0.15, -0.1) is 0 Å². The Hall–Kier alpha value is -0.900. The van der Waals surface area contributed by atoms with E-state index >= 15 is 0 Å². The highest BCUT2D eigenvalue weighted by molar-refractivity contribution is 5.79. The molecular weight excluding hydrogens is 218 g/mol. The molecule has 1 atom stereocenters. The topological polar surface area (TPSA) is 55.4 Å². The summed E-state index contributed by atoms with van der Waals surface area (Å²) in [6, 6.07) is 0.212. The maximum Gasteiger partial charge on any atom is 0.246 e. The number of Topliss-reactive ketones (excluding diaryl/α,β-unsaturated/α-hetero) is 1. The van der Waals surface area contributed by atoms with Crippen LogP contribution in [0.5, 0.6) is 0 Å². The lowest BCUT2D eigenvalue weighted by Gasteiger charge is -2.21. The van der Waals surface area contributed by atoms with E-state index in [9.17, 15) is 9.59 Å². The predicted molar refractivity (Wildman–Crippen MR) is 65.7 cm³/mol. The second kappa shape index (κ2) is 7.43. The quantitative estimate of drug-likeness (QED) is 0.771. The van der Waals surface area contributed by atoms with E-state index < -0.39 is 0 Å². The van der Waals surface area contributed by atoms with Crippen LogP contribution in [0.4, 0.5) is 0 Å². The van der Waals surface area contributed by atoms with Crippen LogP contribution in [0, 0.1) is 0 Å². The molecule has 17 heavy (non-hydrogen) atoms. The molecule has 0 bridgehead atoms. The predicted octanol–water partition coefficient (Wildman–Crippen LogP) is 1.82. The van der Waals surface area contributed by atoms with Gasteiger partial charge in [0.2, 0.25) is 5.91 Å². The van der Waals surface area contributed by atoms with Crippen LogP contribution in [0.2, 0.25) is 0 Å². The fraction of sp³-hybridized carbons (Fsp3) is 0.846. The van der Waals surface area contributed by atoms with Gasteiger partial charge in [0.05, 0.1) is 6.10 Å². The molecule has 1 rings (SSSR count). The standard InChI is InChI=1S/C13H23NO3/c1-3-4-10(2)14-13(16)9-17-12-7-5-11(15)6-8-12/h10,12H,3-9H2,1-2H3,(H,14,16). The largest absolute Gasteiger partial charge is 0.368 e. The van der Waals surface area contributed by atoms with Gasteiger partial charge in [-0.2, -0.15) is 0 Å². The van der Waals surface area contributed by atoms with E-state index in [1.54, 1.807) is 0 Å². The van der Waals surface area contributed by atoms with Gasteiger partial charge in [0.25, 0.3) is 0 Å². The highest BCUT2D eigenvalue weighted by atomic mass is 16.5. The minimum atomic E-state index is -0.0529. The summed E-state index contributed by atoms with van der Waals surface area (Å²) in [5, 5.41) is 2.90. The summed E-state index contributed by atoms with van der Waals surface area (Å²) in [4.78, 5) is 22.6. The Morgan fingerprint density at radius 3 is 2.71 bits per heavy atom. The molecule has 0 aromatic rings. The fourth-order valence-electron chi connectivity index (χ4n) is 2.10. The summed E-state index contributed by atoms with van der Waals surface area (Å²) in [6.07, 6.45) is 4.85. The molecule has 4 heteroatoms. The second-order valence-electron chi connectivity index (χ2n) is 4.81. The average molecular weight is 241 g/mol. The lowest BCUT2D eigenvalue weighted by molar-refractivity contribution is -0.130. The molecule has 98 valence electrons. The van der Waals surface area contributed by atoms with Crippen molar-refractivity contribution >= 4 is 11.7 Å². The number of hydrogen-bond donors (Lipinski definition) is 1. The highest BCUT2D eigenvalue weighted by Crippen LogP contribution is 2.17. The molecular formula is C13H23NO3. The molecule has 1 fully saturated rings. The number of carbonyl (C=O) groups excluding carboxylic acids is 2. The van der Waals surface area contributed by atoms with Gasteiger partial charge in [0, 0.05) is 18.9 Å². The molecule has 0 aromatic carbocycles. The Morgan fingerprint density at radius 1 is 1.47 bits per heavy atom. The third-order valence-corrected chi connectivity index (χ3v) is 3.07. The molecule has 0 spiro atoms. The first-order chi connectivity index (χ1) is 8.11. The van der Waals surface area contributed by atoms with Crippen molar-refractivity contribution in [1.82, 2.24) is 5.32 Å². The molecule has 1 saturated carbocycles. The summed E-state index contributed by atoms with van der Waals surface area (Å²) in [6.45, 7) is 4.21. The fourth-order valence-corrected chi connectivity index (χ4v) is 2.10. The van der Waals surface area contributed by atoms with Crippen molar-refractivity contribution in [2.24, 2.45) is 0 Å². The average Bonchev–Trinajstić information content (AvgIpc) is 2.28. The van der Waals surface area contributed by atoms with Crippen LogP contribution in [0.1, 0.15) is 52.4 Å². The number of rotatable bonds is 6. The SMILES string of the molecule is CCCC(C)NC(=O)COC1CCC(=O)CC1.